The van der Waals surface area contributed by atoms with Crippen LogP contribution in [0, 0.1) is 5.92 Å². The van der Waals surface area contributed by atoms with Gasteiger partial charge in [-0.3, -0.25) is 0 Å². The van der Waals surface area contributed by atoms with Crippen molar-refractivity contribution in [3.63, 3.8) is 0 Å². The predicted molar refractivity (Wildman–Crippen MR) is 59.1 cm³/mol. The first-order chi connectivity index (χ1) is 6.64. The van der Waals surface area contributed by atoms with E-state index in [1.165, 1.54) is 0 Å². The maximum atomic E-state index is 11.3. The molecule has 0 radical (unpaired) electrons. The Morgan fingerprint density at radius 1 is 1.43 bits per heavy atom. The minimum absolute atomic E-state index is 0.349. The SMILES string of the molecule is CNC/C=C\CC1CCCS(=O)(=O)C1. The molecule has 0 aromatic carbocycles. The van der Waals surface area contributed by atoms with Crippen molar-refractivity contribution in [1.82, 2.24) is 5.32 Å². The van der Waals surface area contributed by atoms with E-state index in [-0.39, 0.29) is 0 Å². The van der Waals surface area contributed by atoms with Crippen molar-refractivity contribution >= 4 is 9.84 Å². The summed E-state index contributed by atoms with van der Waals surface area (Å²) in [6.45, 7) is 0.861. The van der Waals surface area contributed by atoms with E-state index in [9.17, 15) is 8.42 Å². The number of sulfone groups is 1. The Kier molecular flexibility index (Phi) is 4.62. The number of likely N-dealkylation sites (N-methyl/N-ethyl adjacent to an activating group) is 1. The summed E-state index contributed by atoms with van der Waals surface area (Å²) in [7, 11) is -0.826. The molecule has 0 bridgehead atoms. The molecule has 0 aliphatic carbocycles. The van der Waals surface area contributed by atoms with Crippen LogP contribution in [0.15, 0.2) is 12.2 Å². The van der Waals surface area contributed by atoms with Gasteiger partial charge in [-0.1, -0.05) is 12.2 Å². The van der Waals surface area contributed by atoms with Crippen LogP contribution in [0.3, 0.4) is 0 Å². The van der Waals surface area contributed by atoms with Crippen LogP contribution in [-0.4, -0.2) is 33.5 Å². The molecule has 0 saturated carbocycles. The standard InChI is InChI=1S/C10H19NO2S/c1-11-7-3-2-5-10-6-4-8-14(12,13)9-10/h2-3,10-11H,4-9H2,1H3/b3-2-. The lowest BCUT2D eigenvalue weighted by atomic mass is 10.0. The molecule has 1 aliphatic heterocycles. The molecule has 1 N–H and O–H groups in total. The summed E-state index contributed by atoms with van der Waals surface area (Å²) in [6, 6.07) is 0. The molecular weight excluding hydrogens is 198 g/mol. The maximum Gasteiger partial charge on any atom is 0.150 e. The first-order valence-corrected chi connectivity index (χ1v) is 6.96. The monoisotopic (exact) mass is 217 g/mol. The van der Waals surface area contributed by atoms with Gasteiger partial charge >= 0.3 is 0 Å². The van der Waals surface area contributed by atoms with Gasteiger partial charge in [0, 0.05) is 6.54 Å². The Hall–Kier alpha value is -0.350. The van der Waals surface area contributed by atoms with Gasteiger partial charge in [0.05, 0.1) is 11.5 Å². The number of rotatable bonds is 4. The van der Waals surface area contributed by atoms with Gasteiger partial charge in [0.15, 0.2) is 9.84 Å². The molecule has 1 saturated heterocycles. The number of hydrogen-bond donors (Lipinski definition) is 1. The van der Waals surface area contributed by atoms with Crippen molar-refractivity contribution in [2.75, 3.05) is 25.1 Å². The van der Waals surface area contributed by atoms with Crippen LogP contribution in [0.4, 0.5) is 0 Å². The van der Waals surface area contributed by atoms with Crippen LogP contribution in [0.5, 0.6) is 0 Å². The van der Waals surface area contributed by atoms with Crippen molar-refractivity contribution in [2.24, 2.45) is 5.92 Å². The van der Waals surface area contributed by atoms with Gasteiger partial charge in [0.25, 0.3) is 0 Å². The molecule has 4 heteroatoms. The van der Waals surface area contributed by atoms with E-state index in [1.807, 2.05) is 7.05 Å². The molecule has 1 fully saturated rings. The predicted octanol–water partition coefficient (Wildman–Crippen LogP) is 0.977. The Morgan fingerprint density at radius 2 is 2.21 bits per heavy atom. The summed E-state index contributed by atoms with van der Waals surface area (Å²) < 4.78 is 22.6. The van der Waals surface area contributed by atoms with E-state index >= 15 is 0 Å². The fourth-order valence-electron chi connectivity index (χ4n) is 1.79. The lowest BCUT2D eigenvalue weighted by molar-refractivity contribution is 0.489. The molecule has 0 amide bonds. The van der Waals surface area contributed by atoms with E-state index in [4.69, 9.17) is 0 Å². The van der Waals surface area contributed by atoms with Gasteiger partial charge in [-0.05, 0) is 32.2 Å². The van der Waals surface area contributed by atoms with Crippen LogP contribution in [0.2, 0.25) is 0 Å². The molecule has 3 nitrogen and oxygen atoms in total. The van der Waals surface area contributed by atoms with Gasteiger partial charge in [0.2, 0.25) is 0 Å². The fraction of sp³-hybridized carbons (Fsp3) is 0.800. The number of allylic oxidation sites excluding steroid dienone is 1. The molecular formula is C10H19NO2S. The lowest BCUT2D eigenvalue weighted by Crippen LogP contribution is -2.24. The molecule has 1 heterocycles. The van der Waals surface area contributed by atoms with E-state index in [0.717, 1.165) is 25.8 Å². The molecule has 0 aromatic heterocycles. The lowest BCUT2D eigenvalue weighted by Gasteiger charge is -2.20. The molecule has 0 spiro atoms. The highest BCUT2D eigenvalue weighted by Crippen LogP contribution is 2.21. The van der Waals surface area contributed by atoms with E-state index in [1.54, 1.807) is 0 Å². The fourth-order valence-corrected chi connectivity index (χ4v) is 3.59. The largest absolute Gasteiger partial charge is 0.316 e. The van der Waals surface area contributed by atoms with Crippen molar-refractivity contribution in [3.05, 3.63) is 12.2 Å². The van der Waals surface area contributed by atoms with Crippen LogP contribution in [-0.2, 0) is 9.84 Å². The minimum Gasteiger partial charge on any atom is -0.316 e. The Bertz CT molecular complexity index is 282. The molecule has 1 unspecified atom stereocenters. The first-order valence-electron chi connectivity index (χ1n) is 5.14. The number of nitrogens with one attached hydrogen (secondary N) is 1. The molecule has 82 valence electrons. The van der Waals surface area contributed by atoms with Crippen LogP contribution in [0.1, 0.15) is 19.3 Å². The van der Waals surface area contributed by atoms with E-state index in [0.29, 0.717) is 17.4 Å². The molecule has 1 aliphatic rings. The Balaban J connectivity index is 2.31. The second-order valence-electron chi connectivity index (χ2n) is 3.89. The summed E-state index contributed by atoms with van der Waals surface area (Å²) in [4.78, 5) is 0. The van der Waals surface area contributed by atoms with Crippen LogP contribution >= 0.6 is 0 Å². The third kappa shape index (κ3) is 4.24. The van der Waals surface area contributed by atoms with Crippen molar-refractivity contribution < 1.29 is 8.42 Å². The third-order valence-electron chi connectivity index (χ3n) is 2.52. The minimum atomic E-state index is -2.72. The normalized spacial score (nSPS) is 26.8. The first kappa shape index (κ1) is 11.7. The summed E-state index contributed by atoms with van der Waals surface area (Å²) in [5.41, 5.74) is 0. The van der Waals surface area contributed by atoms with Crippen molar-refractivity contribution in [2.45, 2.75) is 19.3 Å². The van der Waals surface area contributed by atoms with Gasteiger partial charge in [-0.25, -0.2) is 8.42 Å². The van der Waals surface area contributed by atoms with Gasteiger partial charge < -0.3 is 5.32 Å². The van der Waals surface area contributed by atoms with E-state index < -0.39 is 9.84 Å². The molecule has 1 atom stereocenters. The summed E-state index contributed by atoms with van der Waals surface area (Å²) >= 11 is 0. The Labute approximate surface area is 86.5 Å². The van der Waals surface area contributed by atoms with Crippen LogP contribution < -0.4 is 5.32 Å². The summed E-state index contributed by atoms with van der Waals surface area (Å²) in [5.74, 6) is 1.13. The highest BCUT2D eigenvalue weighted by molar-refractivity contribution is 7.91. The second-order valence-corrected chi connectivity index (χ2v) is 6.12. The maximum absolute atomic E-state index is 11.3. The van der Waals surface area contributed by atoms with Gasteiger partial charge in [-0.15, -0.1) is 0 Å². The smallest absolute Gasteiger partial charge is 0.150 e. The Morgan fingerprint density at radius 3 is 2.86 bits per heavy atom. The summed E-state index contributed by atoms with van der Waals surface area (Å²) in [5, 5.41) is 3.02. The van der Waals surface area contributed by atoms with Crippen molar-refractivity contribution in [1.29, 1.82) is 0 Å². The highest BCUT2D eigenvalue weighted by atomic mass is 32.2. The molecule has 1 rings (SSSR count). The zero-order valence-corrected chi connectivity index (χ0v) is 9.52. The summed E-state index contributed by atoms with van der Waals surface area (Å²) in [6.07, 6.45) is 6.94. The number of hydrogen-bond acceptors (Lipinski definition) is 3. The topological polar surface area (TPSA) is 46.2 Å². The van der Waals surface area contributed by atoms with Crippen LogP contribution in [0.25, 0.3) is 0 Å². The zero-order valence-electron chi connectivity index (χ0n) is 8.70. The second kappa shape index (κ2) is 5.51. The highest BCUT2D eigenvalue weighted by Gasteiger charge is 2.23. The van der Waals surface area contributed by atoms with Gasteiger partial charge in [-0.2, -0.15) is 0 Å². The zero-order chi connectivity index (χ0) is 10.4. The molecule has 14 heavy (non-hydrogen) atoms. The quantitative estimate of drug-likeness (QED) is 0.714. The van der Waals surface area contributed by atoms with E-state index in [2.05, 4.69) is 17.5 Å². The third-order valence-corrected chi connectivity index (χ3v) is 4.41. The van der Waals surface area contributed by atoms with Gasteiger partial charge in [0.1, 0.15) is 0 Å². The molecule has 0 aromatic rings. The average Bonchev–Trinajstić information content (AvgIpc) is 2.11. The average molecular weight is 217 g/mol. The van der Waals surface area contributed by atoms with Crippen molar-refractivity contribution in [3.8, 4) is 0 Å².